The van der Waals surface area contributed by atoms with Gasteiger partial charge in [0.25, 0.3) is 0 Å². The summed E-state index contributed by atoms with van der Waals surface area (Å²) in [6, 6.07) is 3.62. The van der Waals surface area contributed by atoms with Gasteiger partial charge in [0.05, 0.1) is 0 Å². The third kappa shape index (κ3) is 4.60. The molecule has 0 aliphatic heterocycles. The highest BCUT2D eigenvalue weighted by atomic mass is 32.2. The monoisotopic (exact) mass is 299 g/mol. The molecule has 0 aromatic heterocycles. The molecular formula is C14H18FNO3S. The maximum atomic E-state index is 13.8. The van der Waals surface area contributed by atoms with Crippen LogP contribution in [-0.4, -0.2) is 26.7 Å². The van der Waals surface area contributed by atoms with Gasteiger partial charge in [-0.3, -0.25) is 0 Å². The molecule has 1 aromatic carbocycles. The van der Waals surface area contributed by atoms with E-state index in [2.05, 4.69) is 16.6 Å². The van der Waals surface area contributed by atoms with Crippen LogP contribution in [0.25, 0.3) is 0 Å². The Kier molecular flexibility index (Phi) is 6.14. The molecule has 0 aliphatic carbocycles. The first-order chi connectivity index (χ1) is 9.40. The smallest absolute Gasteiger partial charge is 0.243 e. The quantitative estimate of drug-likeness (QED) is 0.810. The van der Waals surface area contributed by atoms with Gasteiger partial charge in [0.15, 0.2) is 0 Å². The van der Waals surface area contributed by atoms with Gasteiger partial charge >= 0.3 is 0 Å². The highest BCUT2D eigenvalue weighted by Gasteiger charge is 2.19. The Labute approximate surface area is 119 Å². The lowest BCUT2D eigenvalue weighted by molar-refractivity contribution is 0.350. The summed E-state index contributed by atoms with van der Waals surface area (Å²) in [5.41, 5.74) is 0.317. The maximum Gasteiger partial charge on any atom is 0.243 e. The fourth-order valence-corrected chi connectivity index (χ4v) is 2.63. The number of hydrogen-bond donors (Lipinski definition) is 2. The van der Waals surface area contributed by atoms with E-state index in [0.717, 1.165) is 12.5 Å². The molecule has 1 rings (SSSR count). The number of halogens is 1. The van der Waals surface area contributed by atoms with E-state index in [1.807, 2.05) is 13.8 Å². The summed E-state index contributed by atoms with van der Waals surface area (Å²) in [5.74, 6) is 4.22. The molecule has 1 atom stereocenters. The van der Waals surface area contributed by atoms with E-state index in [4.69, 9.17) is 5.11 Å². The largest absolute Gasteiger partial charge is 0.384 e. The van der Waals surface area contributed by atoms with Crippen LogP contribution in [0.15, 0.2) is 23.1 Å². The Balaban J connectivity index is 2.96. The third-order valence-electron chi connectivity index (χ3n) is 2.85. The second-order valence-corrected chi connectivity index (χ2v) is 6.21. The molecule has 1 unspecified atom stereocenters. The molecule has 0 amide bonds. The van der Waals surface area contributed by atoms with Crippen LogP contribution >= 0.6 is 0 Å². The van der Waals surface area contributed by atoms with E-state index in [1.165, 1.54) is 12.1 Å². The average molecular weight is 299 g/mol. The van der Waals surface area contributed by atoms with Crippen molar-refractivity contribution in [3.63, 3.8) is 0 Å². The number of nitrogens with one attached hydrogen (secondary N) is 1. The van der Waals surface area contributed by atoms with Crippen molar-refractivity contribution in [2.75, 3.05) is 13.2 Å². The van der Waals surface area contributed by atoms with E-state index < -0.39 is 20.7 Å². The van der Waals surface area contributed by atoms with Crippen LogP contribution in [0.1, 0.15) is 25.8 Å². The molecule has 20 heavy (non-hydrogen) atoms. The van der Waals surface area contributed by atoms with E-state index in [1.54, 1.807) is 0 Å². The van der Waals surface area contributed by atoms with Crippen molar-refractivity contribution in [1.29, 1.82) is 0 Å². The molecule has 0 saturated carbocycles. The number of aliphatic hydroxyl groups is 1. The number of hydrogen-bond acceptors (Lipinski definition) is 3. The molecule has 0 aliphatic rings. The van der Waals surface area contributed by atoms with Crippen LogP contribution in [0, 0.1) is 23.6 Å². The summed E-state index contributed by atoms with van der Waals surface area (Å²) < 4.78 is 40.2. The zero-order valence-corrected chi connectivity index (χ0v) is 12.3. The molecule has 1 aromatic rings. The molecule has 0 spiro atoms. The SMILES string of the molecule is CCC(C)CNS(=O)(=O)c1ccc(C#CCO)cc1F. The van der Waals surface area contributed by atoms with Gasteiger partial charge in [0.2, 0.25) is 10.0 Å². The van der Waals surface area contributed by atoms with Crippen molar-refractivity contribution in [2.24, 2.45) is 5.92 Å². The van der Waals surface area contributed by atoms with E-state index >= 15 is 0 Å². The second kappa shape index (κ2) is 7.39. The Bertz CT molecular complexity index is 617. The van der Waals surface area contributed by atoms with Gasteiger partial charge in [-0.25, -0.2) is 17.5 Å². The van der Waals surface area contributed by atoms with Crippen LogP contribution < -0.4 is 4.72 Å². The molecular weight excluding hydrogens is 281 g/mol. The molecule has 110 valence electrons. The first-order valence-electron chi connectivity index (χ1n) is 6.29. The molecule has 0 radical (unpaired) electrons. The summed E-state index contributed by atoms with van der Waals surface area (Å²) in [7, 11) is -3.86. The van der Waals surface area contributed by atoms with Gasteiger partial charge in [-0.2, -0.15) is 0 Å². The minimum absolute atomic E-state index is 0.183. The van der Waals surface area contributed by atoms with Crippen LogP contribution in [-0.2, 0) is 10.0 Å². The van der Waals surface area contributed by atoms with E-state index in [9.17, 15) is 12.8 Å². The lowest BCUT2D eigenvalue weighted by Crippen LogP contribution is -2.29. The average Bonchev–Trinajstić information content (AvgIpc) is 2.42. The molecule has 0 fully saturated rings. The summed E-state index contributed by atoms with van der Waals surface area (Å²) >= 11 is 0. The predicted octanol–water partition coefficient (Wildman–Crippen LogP) is 1.49. The lowest BCUT2D eigenvalue weighted by Gasteiger charge is -2.11. The Hall–Kier alpha value is -1.42. The van der Waals surface area contributed by atoms with Crippen LogP contribution in [0.3, 0.4) is 0 Å². The Morgan fingerprint density at radius 3 is 2.70 bits per heavy atom. The van der Waals surface area contributed by atoms with Gasteiger partial charge in [-0.15, -0.1) is 0 Å². The predicted molar refractivity (Wildman–Crippen MR) is 75.0 cm³/mol. The minimum Gasteiger partial charge on any atom is -0.384 e. The minimum atomic E-state index is -3.86. The standard InChI is InChI=1S/C14H18FNO3S/c1-3-11(2)10-16-20(18,19)14-7-6-12(5-4-8-17)9-13(14)15/h6-7,9,11,16-17H,3,8,10H2,1-2H3. The van der Waals surface area contributed by atoms with Crippen molar-refractivity contribution in [3.05, 3.63) is 29.6 Å². The molecule has 0 saturated heterocycles. The first kappa shape index (κ1) is 16.6. The third-order valence-corrected chi connectivity index (χ3v) is 4.31. The zero-order chi connectivity index (χ0) is 15.2. The first-order valence-corrected chi connectivity index (χ1v) is 7.78. The highest BCUT2D eigenvalue weighted by molar-refractivity contribution is 7.89. The topological polar surface area (TPSA) is 66.4 Å². The van der Waals surface area contributed by atoms with E-state index in [-0.39, 0.29) is 19.1 Å². The Morgan fingerprint density at radius 2 is 2.15 bits per heavy atom. The highest BCUT2D eigenvalue weighted by Crippen LogP contribution is 2.16. The summed E-state index contributed by atoms with van der Waals surface area (Å²) in [5, 5.41) is 8.55. The fourth-order valence-electron chi connectivity index (χ4n) is 1.41. The van der Waals surface area contributed by atoms with Gasteiger partial charge in [0, 0.05) is 12.1 Å². The second-order valence-electron chi connectivity index (χ2n) is 4.47. The van der Waals surface area contributed by atoms with E-state index in [0.29, 0.717) is 5.56 Å². The number of aliphatic hydroxyl groups excluding tert-OH is 1. The zero-order valence-electron chi connectivity index (χ0n) is 11.5. The normalized spacial score (nSPS) is 12.6. The van der Waals surface area contributed by atoms with Crippen molar-refractivity contribution < 1.29 is 17.9 Å². The number of benzene rings is 1. The van der Waals surface area contributed by atoms with Crippen molar-refractivity contribution in [3.8, 4) is 11.8 Å². The van der Waals surface area contributed by atoms with Gasteiger partial charge < -0.3 is 5.11 Å². The lowest BCUT2D eigenvalue weighted by atomic mass is 10.1. The Morgan fingerprint density at radius 1 is 1.45 bits per heavy atom. The van der Waals surface area contributed by atoms with Crippen molar-refractivity contribution >= 4 is 10.0 Å². The molecule has 4 nitrogen and oxygen atoms in total. The molecule has 0 heterocycles. The van der Waals surface area contributed by atoms with Crippen LogP contribution in [0.2, 0.25) is 0 Å². The van der Waals surface area contributed by atoms with Gasteiger partial charge in [-0.05, 0) is 24.1 Å². The van der Waals surface area contributed by atoms with Gasteiger partial charge in [-0.1, -0.05) is 32.1 Å². The number of rotatable bonds is 5. The number of sulfonamides is 1. The summed E-state index contributed by atoms with van der Waals surface area (Å²) in [6.45, 7) is 3.79. The maximum absolute atomic E-state index is 13.8. The van der Waals surface area contributed by atoms with Crippen molar-refractivity contribution in [2.45, 2.75) is 25.2 Å². The summed E-state index contributed by atoms with van der Waals surface area (Å²) in [6.07, 6.45) is 0.834. The van der Waals surface area contributed by atoms with Gasteiger partial charge in [0.1, 0.15) is 17.3 Å². The summed E-state index contributed by atoms with van der Waals surface area (Å²) in [4.78, 5) is -0.393. The van der Waals surface area contributed by atoms with Crippen LogP contribution in [0.4, 0.5) is 4.39 Å². The fraction of sp³-hybridized carbons (Fsp3) is 0.429. The van der Waals surface area contributed by atoms with Crippen molar-refractivity contribution in [1.82, 2.24) is 4.72 Å². The molecule has 2 N–H and O–H groups in total. The molecule has 0 bridgehead atoms. The van der Waals surface area contributed by atoms with Crippen LogP contribution in [0.5, 0.6) is 0 Å². The molecule has 6 heteroatoms.